The minimum Gasteiger partial charge on any atom is -0.507 e. The van der Waals surface area contributed by atoms with E-state index in [1.165, 1.54) is 6.92 Å². The van der Waals surface area contributed by atoms with Crippen LogP contribution in [0, 0.1) is 6.92 Å². The lowest BCUT2D eigenvalue weighted by molar-refractivity contribution is -0.277. The molecule has 9 heteroatoms. The molecule has 0 radical (unpaired) electrons. The summed E-state index contributed by atoms with van der Waals surface area (Å²) in [4.78, 5) is 11.1. The van der Waals surface area contributed by atoms with Gasteiger partial charge in [0.1, 0.15) is 41.7 Å². The molecular formula is C14H18O9. The third-order valence-corrected chi connectivity index (χ3v) is 3.72. The van der Waals surface area contributed by atoms with Gasteiger partial charge < -0.3 is 40.1 Å². The summed E-state index contributed by atoms with van der Waals surface area (Å²) >= 11 is 0. The van der Waals surface area contributed by atoms with Crippen LogP contribution in [0.1, 0.15) is 15.9 Å². The molecule has 23 heavy (non-hydrogen) atoms. The Labute approximate surface area is 130 Å². The molecule has 0 amide bonds. The van der Waals surface area contributed by atoms with Gasteiger partial charge in [0.25, 0.3) is 0 Å². The monoisotopic (exact) mass is 330 g/mol. The summed E-state index contributed by atoms with van der Waals surface area (Å²) in [5.74, 6) is -1.14. The number of benzene rings is 1. The van der Waals surface area contributed by atoms with E-state index in [2.05, 4.69) is 0 Å². The predicted molar refractivity (Wildman–Crippen MR) is 74.3 cm³/mol. The normalized spacial score (nSPS) is 30.9. The Kier molecular flexibility index (Phi) is 5.07. The molecule has 5 atom stereocenters. The first kappa shape index (κ1) is 17.4. The molecule has 1 heterocycles. The van der Waals surface area contributed by atoms with Crippen LogP contribution in [0.5, 0.6) is 17.2 Å². The van der Waals surface area contributed by atoms with E-state index in [9.17, 15) is 30.3 Å². The van der Waals surface area contributed by atoms with Crippen LogP contribution in [-0.2, 0) is 4.74 Å². The number of hydrogen-bond acceptors (Lipinski definition) is 9. The van der Waals surface area contributed by atoms with Crippen LogP contribution in [0.2, 0.25) is 0 Å². The Morgan fingerprint density at radius 1 is 1.17 bits per heavy atom. The maximum absolute atomic E-state index is 11.1. The van der Waals surface area contributed by atoms with Crippen molar-refractivity contribution in [1.82, 2.24) is 0 Å². The number of aromatic hydroxyl groups is 2. The van der Waals surface area contributed by atoms with Gasteiger partial charge in [-0.05, 0) is 6.92 Å². The first-order valence-electron chi connectivity index (χ1n) is 6.79. The number of aliphatic hydroxyl groups excluding tert-OH is 4. The standard InChI is InChI=1S/C14H18O9/c1-5-7(17)2-8(18)6(3-15)13(5)23-14-12(21)11(20)10(19)9(4-16)22-14/h2-3,9-12,14,16-21H,4H2,1H3. The average Bonchev–Trinajstić information content (AvgIpc) is 2.52. The average molecular weight is 330 g/mol. The minimum atomic E-state index is -1.68. The molecule has 9 nitrogen and oxygen atoms in total. The van der Waals surface area contributed by atoms with E-state index >= 15 is 0 Å². The van der Waals surface area contributed by atoms with Crippen molar-refractivity contribution in [3.8, 4) is 17.2 Å². The van der Waals surface area contributed by atoms with Crippen LogP contribution in [0.3, 0.4) is 0 Å². The smallest absolute Gasteiger partial charge is 0.229 e. The SMILES string of the molecule is Cc1c(O)cc(O)c(C=O)c1OC1OC(CO)C(O)C(O)C1O. The number of phenols is 2. The Morgan fingerprint density at radius 2 is 1.83 bits per heavy atom. The molecule has 1 aromatic rings. The van der Waals surface area contributed by atoms with Crippen LogP contribution < -0.4 is 4.74 Å². The van der Waals surface area contributed by atoms with Gasteiger partial charge >= 0.3 is 0 Å². The van der Waals surface area contributed by atoms with E-state index in [0.717, 1.165) is 6.07 Å². The molecule has 0 saturated carbocycles. The van der Waals surface area contributed by atoms with Crippen molar-refractivity contribution in [2.24, 2.45) is 0 Å². The maximum atomic E-state index is 11.1. The molecule has 1 aliphatic heterocycles. The van der Waals surface area contributed by atoms with Gasteiger partial charge in [0.15, 0.2) is 6.29 Å². The van der Waals surface area contributed by atoms with Crippen molar-refractivity contribution in [2.45, 2.75) is 37.6 Å². The third kappa shape index (κ3) is 3.09. The summed E-state index contributed by atoms with van der Waals surface area (Å²) in [6, 6.07) is 0.958. The van der Waals surface area contributed by atoms with Gasteiger partial charge in [0.05, 0.1) is 12.2 Å². The highest BCUT2D eigenvalue weighted by Crippen LogP contribution is 2.38. The summed E-state index contributed by atoms with van der Waals surface area (Å²) < 4.78 is 10.5. The second-order valence-corrected chi connectivity index (χ2v) is 5.22. The fourth-order valence-electron chi connectivity index (χ4n) is 2.30. The van der Waals surface area contributed by atoms with E-state index < -0.39 is 43.1 Å². The fraction of sp³-hybridized carbons (Fsp3) is 0.500. The van der Waals surface area contributed by atoms with Crippen molar-refractivity contribution in [1.29, 1.82) is 0 Å². The van der Waals surface area contributed by atoms with Gasteiger partial charge in [-0.3, -0.25) is 4.79 Å². The molecule has 0 spiro atoms. The molecule has 6 N–H and O–H groups in total. The number of carbonyl (C=O) groups excluding carboxylic acids is 1. The number of phenolic OH excluding ortho intramolecular Hbond substituents is 2. The molecule has 5 unspecified atom stereocenters. The highest BCUT2D eigenvalue weighted by atomic mass is 16.7. The number of aliphatic hydroxyl groups is 4. The predicted octanol–water partition coefficient (Wildman–Crippen LogP) is -1.60. The second kappa shape index (κ2) is 6.69. The van der Waals surface area contributed by atoms with E-state index in [-0.39, 0.29) is 22.6 Å². The van der Waals surface area contributed by atoms with E-state index in [4.69, 9.17) is 14.6 Å². The van der Waals surface area contributed by atoms with Gasteiger partial charge in [0, 0.05) is 11.6 Å². The molecule has 1 saturated heterocycles. The van der Waals surface area contributed by atoms with Gasteiger partial charge in [-0.25, -0.2) is 0 Å². The summed E-state index contributed by atoms with van der Waals surface area (Å²) in [5, 5.41) is 57.8. The third-order valence-electron chi connectivity index (χ3n) is 3.72. The second-order valence-electron chi connectivity index (χ2n) is 5.22. The number of carbonyl (C=O) groups is 1. The minimum absolute atomic E-state index is 0.0989. The molecule has 0 aromatic heterocycles. The largest absolute Gasteiger partial charge is 0.507 e. The lowest BCUT2D eigenvalue weighted by Gasteiger charge is -2.39. The molecule has 0 aliphatic carbocycles. The molecule has 0 bridgehead atoms. The Hall–Kier alpha value is -1.91. The molecule has 128 valence electrons. The van der Waals surface area contributed by atoms with Gasteiger partial charge in [-0.1, -0.05) is 0 Å². The van der Waals surface area contributed by atoms with Crippen molar-refractivity contribution >= 4 is 6.29 Å². The number of ether oxygens (including phenoxy) is 2. The lowest BCUT2D eigenvalue weighted by atomic mass is 9.99. The number of hydrogen-bond donors (Lipinski definition) is 6. The molecule has 2 rings (SSSR count). The van der Waals surface area contributed by atoms with Crippen molar-refractivity contribution in [2.75, 3.05) is 6.61 Å². The zero-order valence-corrected chi connectivity index (χ0v) is 12.2. The highest BCUT2D eigenvalue weighted by molar-refractivity contribution is 5.85. The topological polar surface area (TPSA) is 157 Å². The first-order valence-corrected chi connectivity index (χ1v) is 6.79. The summed E-state index contributed by atoms with van der Waals surface area (Å²) in [6.07, 6.45) is -7.33. The van der Waals surface area contributed by atoms with Gasteiger partial charge in [-0.2, -0.15) is 0 Å². The van der Waals surface area contributed by atoms with Crippen LogP contribution in [0.15, 0.2) is 6.07 Å². The maximum Gasteiger partial charge on any atom is 0.229 e. The van der Waals surface area contributed by atoms with Crippen molar-refractivity contribution < 1.29 is 44.9 Å². The van der Waals surface area contributed by atoms with Crippen LogP contribution in [-0.4, -0.2) is 74.2 Å². The van der Waals surface area contributed by atoms with Gasteiger partial charge in [-0.15, -0.1) is 0 Å². The van der Waals surface area contributed by atoms with E-state index in [1.54, 1.807) is 0 Å². The molecular weight excluding hydrogens is 312 g/mol. The van der Waals surface area contributed by atoms with Crippen LogP contribution in [0.25, 0.3) is 0 Å². The molecule has 1 fully saturated rings. The summed E-state index contributed by atoms with van der Waals surface area (Å²) in [7, 11) is 0. The molecule has 1 aliphatic rings. The van der Waals surface area contributed by atoms with Crippen molar-refractivity contribution in [3.63, 3.8) is 0 Å². The summed E-state index contributed by atoms with van der Waals surface area (Å²) in [5.41, 5.74) is -0.181. The Morgan fingerprint density at radius 3 is 2.39 bits per heavy atom. The van der Waals surface area contributed by atoms with E-state index in [1.807, 2.05) is 0 Å². The zero-order chi connectivity index (χ0) is 17.3. The highest BCUT2D eigenvalue weighted by Gasteiger charge is 2.45. The molecule has 1 aromatic carbocycles. The quantitative estimate of drug-likeness (QED) is 0.358. The van der Waals surface area contributed by atoms with Crippen molar-refractivity contribution in [3.05, 3.63) is 17.2 Å². The first-order chi connectivity index (χ1) is 10.8. The number of rotatable bonds is 4. The Balaban J connectivity index is 2.36. The lowest BCUT2D eigenvalue weighted by Crippen LogP contribution is -2.60. The van der Waals surface area contributed by atoms with Gasteiger partial charge in [0.2, 0.25) is 6.29 Å². The number of aldehydes is 1. The summed E-state index contributed by atoms with van der Waals surface area (Å²) in [6.45, 7) is 0.761. The van der Waals surface area contributed by atoms with Crippen LogP contribution >= 0.6 is 0 Å². The van der Waals surface area contributed by atoms with E-state index in [0.29, 0.717) is 6.29 Å². The zero-order valence-electron chi connectivity index (χ0n) is 12.2. The Bertz CT molecular complexity index is 586. The van der Waals surface area contributed by atoms with Crippen LogP contribution in [0.4, 0.5) is 0 Å². The fourth-order valence-corrected chi connectivity index (χ4v) is 2.30.